The van der Waals surface area contributed by atoms with Gasteiger partial charge in [-0.15, -0.1) is 0 Å². The van der Waals surface area contributed by atoms with Gasteiger partial charge in [-0.2, -0.15) is 16.8 Å². The van der Waals surface area contributed by atoms with Crippen LogP contribution >= 0.6 is 0 Å². The van der Waals surface area contributed by atoms with Crippen molar-refractivity contribution in [3.05, 3.63) is 108 Å². The molecule has 0 aliphatic heterocycles. The minimum atomic E-state index is -4.76. The summed E-state index contributed by atoms with van der Waals surface area (Å²) in [6.07, 6.45) is 0. The average Bonchev–Trinajstić information content (AvgIpc) is 3.10. The number of phenols is 2. The normalized spacial score (nSPS) is 12.4. The second-order valence-corrected chi connectivity index (χ2v) is 18.6. The lowest BCUT2D eigenvalue weighted by atomic mass is 10.1. The van der Waals surface area contributed by atoms with E-state index in [9.17, 15) is 57.8 Å². The third-order valence-corrected chi connectivity index (χ3v) is 12.9. The Bertz CT molecular complexity index is 2880. The molecule has 0 unspecified atom stereocenters. The molecule has 2 amide bonds. The fraction of sp³-hybridized carbons (Fsp3) is 0.0571. The zero-order valence-corrected chi connectivity index (χ0v) is 32.1. The standard InChI is InChI=1S/C35H30N4O13S4/c1-19-3-9-23(17-29(19)36-33-27-15-25(55(47,48)49)11-5-21(27)7-13-31(33)40)53(43,44)38-35(42)39-54(45,46)24-10-4-20(2)30(18-24)37-34-28-16-26(56(50,51)52)12-6-22(28)8-14-32(34)41/h3-18,36-37,40-41H,1-2H3,(H2,38,39,42)(H,47,48,49)(H,50,51,52). The molecule has 0 radical (unpaired) electrons. The fourth-order valence-corrected chi connectivity index (χ4v) is 8.56. The van der Waals surface area contributed by atoms with Gasteiger partial charge in [0.2, 0.25) is 0 Å². The van der Waals surface area contributed by atoms with E-state index in [1.54, 1.807) is 23.3 Å². The van der Waals surface area contributed by atoms with Crippen LogP contribution in [0.4, 0.5) is 27.5 Å². The predicted octanol–water partition coefficient (Wildman–Crippen LogP) is 5.38. The van der Waals surface area contributed by atoms with Crippen molar-refractivity contribution in [3.63, 3.8) is 0 Å². The minimum absolute atomic E-state index is 0.0343. The van der Waals surface area contributed by atoms with E-state index in [0.29, 0.717) is 21.9 Å². The van der Waals surface area contributed by atoms with Crippen LogP contribution in [-0.4, -0.2) is 59.0 Å². The highest BCUT2D eigenvalue weighted by Gasteiger charge is 2.25. The number of fused-ring (bicyclic) bond motifs is 2. The minimum Gasteiger partial charge on any atom is -0.506 e. The summed E-state index contributed by atoms with van der Waals surface area (Å²) < 4.78 is 123. The molecule has 0 bridgehead atoms. The molecule has 6 aromatic carbocycles. The van der Waals surface area contributed by atoms with E-state index in [2.05, 4.69) is 10.6 Å². The summed E-state index contributed by atoms with van der Waals surface area (Å²) >= 11 is 0. The van der Waals surface area contributed by atoms with E-state index in [1.807, 2.05) is 0 Å². The number of phenolic OH excluding ortho intramolecular Hbond substituents is 2. The molecule has 21 heteroatoms. The van der Waals surface area contributed by atoms with Gasteiger partial charge < -0.3 is 20.8 Å². The molecule has 56 heavy (non-hydrogen) atoms. The van der Waals surface area contributed by atoms with Gasteiger partial charge in [0.1, 0.15) is 11.5 Å². The first-order valence-corrected chi connectivity index (χ1v) is 21.7. The van der Waals surface area contributed by atoms with Crippen LogP contribution in [0.5, 0.6) is 11.5 Å². The Morgan fingerprint density at radius 3 is 1.18 bits per heavy atom. The monoisotopic (exact) mass is 842 g/mol. The number of rotatable bonds is 10. The summed E-state index contributed by atoms with van der Waals surface area (Å²) in [7, 11) is -18.8. The molecule has 17 nitrogen and oxygen atoms in total. The number of urea groups is 1. The molecule has 0 aromatic heterocycles. The topological polar surface area (TPSA) is 283 Å². The Kier molecular flexibility index (Phi) is 10.1. The summed E-state index contributed by atoms with van der Waals surface area (Å²) in [5.74, 6) is -0.704. The van der Waals surface area contributed by atoms with Crippen LogP contribution < -0.4 is 20.1 Å². The van der Waals surface area contributed by atoms with Gasteiger partial charge >= 0.3 is 6.03 Å². The molecule has 0 aliphatic carbocycles. The quantitative estimate of drug-likeness (QED) is 0.0635. The number of amides is 2. The van der Waals surface area contributed by atoms with Crippen molar-refractivity contribution in [2.45, 2.75) is 33.4 Å². The van der Waals surface area contributed by atoms with Crippen LogP contribution in [0, 0.1) is 13.8 Å². The number of aromatic hydroxyl groups is 2. The first-order chi connectivity index (χ1) is 26.0. The summed E-state index contributed by atoms with van der Waals surface area (Å²) in [6, 6.07) is 18.4. The lowest BCUT2D eigenvalue weighted by Gasteiger charge is -2.16. The molecule has 0 atom stereocenters. The SMILES string of the molecule is Cc1ccc(S(=O)(=O)NC(=O)NS(=O)(=O)c2ccc(C)c(Nc3c(O)ccc4ccc(S(=O)(=O)O)cc34)c2)cc1Nc1c(O)ccc2ccc(S(=O)(=O)O)cc12. The molecular formula is C35H30N4O13S4. The van der Waals surface area contributed by atoms with Crippen molar-refractivity contribution < 1.29 is 57.8 Å². The lowest BCUT2D eigenvalue weighted by Crippen LogP contribution is -2.42. The maximum Gasteiger partial charge on any atom is 0.342 e. The fourth-order valence-electron chi connectivity index (χ4n) is 5.62. The van der Waals surface area contributed by atoms with Gasteiger partial charge in [0.25, 0.3) is 40.3 Å². The zero-order chi connectivity index (χ0) is 41.0. The molecule has 0 spiro atoms. The van der Waals surface area contributed by atoms with Gasteiger partial charge in [-0.05, 0) is 96.4 Å². The van der Waals surface area contributed by atoms with E-state index < -0.39 is 65.9 Å². The highest BCUT2D eigenvalue weighted by molar-refractivity contribution is 7.91. The van der Waals surface area contributed by atoms with E-state index in [-0.39, 0.29) is 45.0 Å². The number of hydrogen-bond donors (Lipinski definition) is 8. The maximum atomic E-state index is 13.3. The van der Waals surface area contributed by atoms with Crippen LogP contribution in [0.1, 0.15) is 11.1 Å². The molecule has 292 valence electrons. The van der Waals surface area contributed by atoms with E-state index >= 15 is 0 Å². The van der Waals surface area contributed by atoms with Crippen LogP contribution in [0.25, 0.3) is 21.5 Å². The molecule has 0 aliphatic rings. The van der Waals surface area contributed by atoms with Crippen molar-refractivity contribution in [2.24, 2.45) is 0 Å². The average molecular weight is 843 g/mol. The van der Waals surface area contributed by atoms with Crippen LogP contribution in [0.3, 0.4) is 0 Å². The first kappa shape index (κ1) is 39.7. The smallest absolute Gasteiger partial charge is 0.342 e. The highest BCUT2D eigenvalue weighted by Crippen LogP contribution is 2.39. The van der Waals surface area contributed by atoms with Gasteiger partial charge in [-0.25, -0.2) is 31.1 Å². The number of anilines is 4. The number of carbonyl (C=O) groups is 1. The zero-order valence-electron chi connectivity index (χ0n) is 28.8. The molecule has 0 saturated heterocycles. The van der Waals surface area contributed by atoms with Gasteiger partial charge in [-0.3, -0.25) is 9.11 Å². The number of benzene rings is 6. The summed E-state index contributed by atoms with van der Waals surface area (Å²) in [5, 5.41) is 28.2. The van der Waals surface area contributed by atoms with E-state index in [0.717, 1.165) is 48.5 Å². The van der Waals surface area contributed by atoms with Crippen molar-refractivity contribution in [3.8, 4) is 11.5 Å². The molecule has 6 rings (SSSR count). The third-order valence-electron chi connectivity index (χ3n) is 8.55. The van der Waals surface area contributed by atoms with Gasteiger partial charge in [-0.1, -0.05) is 36.4 Å². The maximum absolute atomic E-state index is 13.3. The summed E-state index contributed by atoms with van der Waals surface area (Å²) in [4.78, 5) is 11.0. The van der Waals surface area contributed by atoms with Gasteiger partial charge in [0.05, 0.1) is 31.0 Å². The Morgan fingerprint density at radius 1 is 0.482 bits per heavy atom. The highest BCUT2D eigenvalue weighted by atomic mass is 32.2. The lowest BCUT2D eigenvalue weighted by molar-refractivity contribution is 0.250. The second kappa shape index (κ2) is 14.3. The first-order valence-electron chi connectivity index (χ1n) is 15.8. The van der Waals surface area contributed by atoms with Crippen molar-refractivity contribution in [1.82, 2.24) is 9.44 Å². The van der Waals surface area contributed by atoms with Gasteiger partial charge in [0.15, 0.2) is 0 Å². The van der Waals surface area contributed by atoms with Crippen LogP contribution in [0.2, 0.25) is 0 Å². The number of carbonyl (C=O) groups excluding carboxylic acids is 1. The molecule has 6 aromatic rings. The number of sulfonamides is 2. The molecule has 0 saturated carbocycles. The number of nitrogens with one attached hydrogen (secondary N) is 4. The Morgan fingerprint density at radius 2 is 0.821 bits per heavy atom. The Labute approximate surface area is 320 Å². The Hall–Kier alpha value is -5.97. The van der Waals surface area contributed by atoms with Crippen molar-refractivity contribution in [2.75, 3.05) is 10.6 Å². The predicted molar refractivity (Wildman–Crippen MR) is 206 cm³/mol. The Balaban J connectivity index is 1.24. The summed E-state index contributed by atoms with van der Waals surface area (Å²) in [5.41, 5.74) is 0.996. The molecule has 0 fully saturated rings. The van der Waals surface area contributed by atoms with E-state index in [1.165, 1.54) is 48.5 Å². The largest absolute Gasteiger partial charge is 0.506 e. The number of hydrogen-bond acceptors (Lipinski definition) is 13. The number of aryl methyl sites for hydroxylation is 2. The third kappa shape index (κ3) is 8.17. The van der Waals surface area contributed by atoms with Crippen molar-refractivity contribution >= 4 is 90.6 Å². The van der Waals surface area contributed by atoms with E-state index in [4.69, 9.17) is 0 Å². The summed E-state index contributed by atoms with van der Waals surface area (Å²) in [6.45, 7) is 3.17. The molecule has 0 heterocycles. The molecular weight excluding hydrogens is 813 g/mol. The van der Waals surface area contributed by atoms with Gasteiger partial charge in [0, 0.05) is 22.1 Å². The van der Waals surface area contributed by atoms with Crippen LogP contribution in [-0.2, 0) is 40.3 Å². The van der Waals surface area contributed by atoms with Crippen molar-refractivity contribution in [1.29, 1.82) is 0 Å². The second-order valence-electron chi connectivity index (χ2n) is 12.4. The van der Waals surface area contributed by atoms with Crippen LogP contribution in [0.15, 0.2) is 117 Å². The molecule has 8 N–H and O–H groups in total.